The number of nitrogens with zero attached hydrogens (tertiary/aromatic N) is 1. The fourth-order valence-electron chi connectivity index (χ4n) is 1.24. The lowest BCUT2D eigenvalue weighted by molar-refractivity contribution is -0.870. The summed E-state index contributed by atoms with van der Waals surface area (Å²) in [6.45, 7) is 2.65. The molecule has 0 saturated heterocycles. The summed E-state index contributed by atoms with van der Waals surface area (Å²) in [6.07, 6.45) is -0.860. The molecule has 0 aliphatic rings. The lowest BCUT2D eigenvalue weighted by Gasteiger charge is -2.24. The van der Waals surface area contributed by atoms with Crippen molar-refractivity contribution in [2.24, 2.45) is 0 Å². The van der Waals surface area contributed by atoms with Crippen molar-refractivity contribution in [3.8, 4) is 0 Å². The van der Waals surface area contributed by atoms with Gasteiger partial charge in [0.25, 0.3) is 0 Å². The Hall–Kier alpha value is -0.990. The van der Waals surface area contributed by atoms with E-state index in [1.54, 1.807) is 6.92 Å². The van der Waals surface area contributed by atoms with Gasteiger partial charge in [-0.3, -0.25) is 18.6 Å². The van der Waals surface area contributed by atoms with Crippen LogP contribution in [-0.4, -0.2) is 74.9 Å². The SMILES string of the molecule is CCC(=O)O[C@H](COC(C)=O)COP(=O)(O)OCC[N+](C)(C)C. The molecule has 1 unspecified atom stereocenters. The van der Waals surface area contributed by atoms with E-state index < -0.39 is 32.5 Å². The number of rotatable bonds is 11. The molecule has 10 heteroatoms. The Morgan fingerprint density at radius 2 is 1.78 bits per heavy atom. The number of phosphoric ester groups is 1. The van der Waals surface area contributed by atoms with Crippen LogP contribution in [0.5, 0.6) is 0 Å². The van der Waals surface area contributed by atoms with E-state index in [1.165, 1.54) is 6.92 Å². The molecular weight excluding hydrogens is 329 g/mol. The highest BCUT2D eigenvalue weighted by atomic mass is 31.2. The van der Waals surface area contributed by atoms with Gasteiger partial charge in [0.2, 0.25) is 0 Å². The molecule has 0 amide bonds. The molecule has 0 spiro atoms. The van der Waals surface area contributed by atoms with Gasteiger partial charge in [0.1, 0.15) is 19.8 Å². The molecule has 0 saturated carbocycles. The Labute approximate surface area is 136 Å². The number of hydrogen-bond acceptors (Lipinski definition) is 7. The van der Waals surface area contributed by atoms with E-state index in [-0.39, 0.29) is 19.6 Å². The number of likely N-dealkylation sites (N-methyl/N-ethyl adjacent to an activating group) is 1. The van der Waals surface area contributed by atoms with Crippen molar-refractivity contribution in [1.82, 2.24) is 0 Å². The number of hydrogen-bond donors (Lipinski definition) is 1. The Kier molecular flexibility index (Phi) is 9.57. The quantitative estimate of drug-likeness (QED) is 0.328. The Morgan fingerprint density at radius 3 is 2.26 bits per heavy atom. The van der Waals surface area contributed by atoms with Crippen LogP contribution in [0.1, 0.15) is 20.3 Å². The molecule has 23 heavy (non-hydrogen) atoms. The lowest BCUT2D eigenvalue weighted by atomic mass is 10.4. The van der Waals surface area contributed by atoms with Gasteiger partial charge in [0.05, 0.1) is 27.7 Å². The smallest absolute Gasteiger partial charge is 0.462 e. The molecule has 0 heterocycles. The van der Waals surface area contributed by atoms with Gasteiger partial charge in [-0.1, -0.05) is 6.92 Å². The highest BCUT2D eigenvalue weighted by Gasteiger charge is 2.26. The Bertz CT molecular complexity index is 434. The normalized spacial score (nSPS) is 15.6. The van der Waals surface area contributed by atoms with Gasteiger partial charge < -0.3 is 18.9 Å². The fourth-order valence-corrected chi connectivity index (χ4v) is 1.98. The molecular formula is C13H27NO8P+. The molecule has 136 valence electrons. The standard InChI is InChI=1S/C13H26NO8P/c1-6-13(16)22-12(9-19-11(2)15)10-21-23(17,18)20-8-7-14(3,4)5/h12H,6-10H2,1-5H3/p+1/t12-/m1/s1. The molecule has 0 radical (unpaired) electrons. The zero-order valence-corrected chi connectivity index (χ0v) is 15.2. The molecule has 1 N–H and O–H groups in total. The van der Waals surface area contributed by atoms with Crippen LogP contribution in [0.3, 0.4) is 0 Å². The first-order valence-corrected chi connectivity index (χ1v) is 8.70. The van der Waals surface area contributed by atoms with Crippen molar-refractivity contribution in [3.05, 3.63) is 0 Å². The first-order chi connectivity index (χ1) is 10.4. The maximum Gasteiger partial charge on any atom is 0.472 e. The average molecular weight is 356 g/mol. The maximum absolute atomic E-state index is 11.8. The molecule has 0 aliphatic heterocycles. The largest absolute Gasteiger partial charge is 0.472 e. The van der Waals surface area contributed by atoms with E-state index in [0.717, 1.165) is 0 Å². The minimum absolute atomic E-state index is 0.0284. The van der Waals surface area contributed by atoms with E-state index in [9.17, 15) is 19.0 Å². The van der Waals surface area contributed by atoms with Crippen LogP contribution in [0.25, 0.3) is 0 Å². The van der Waals surface area contributed by atoms with Crippen molar-refractivity contribution in [1.29, 1.82) is 0 Å². The monoisotopic (exact) mass is 356 g/mol. The summed E-state index contributed by atoms with van der Waals surface area (Å²) < 4.78 is 31.6. The third-order valence-electron chi connectivity index (χ3n) is 2.50. The zero-order valence-electron chi connectivity index (χ0n) is 14.3. The molecule has 9 nitrogen and oxygen atoms in total. The fraction of sp³-hybridized carbons (Fsp3) is 0.846. The lowest BCUT2D eigenvalue weighted by Crippen LogP contribution is -2.37. The van der Waals surface area contributed by atoms with E-state index in [1.807, 2.05) is 21.1 Å². The second-order valence-corrected chi connectivity index (χ2v) is 7.33. The molecule has 0 aromatic rings. The van der Waals surface area contributed by atoms with E-state index >= 15 is 0 Å². The number of carbonyl (C=O) groups is 2. The average Bonchev–Trinajstić information content (AvgIpc) is 2.39. The van der Waals surface area contributed by atoms with Gasteiger partial charge in [0.15, 0.2) is 6.10 Å². The summed E-state index contributed by atoms with van der Waals surface area (Å²) in [7, 11) is 1.45. The van der Waals surface area contributed by atoms with Crippen molar-refractivity contribution in [2.45, 2.75) is 26.4 Å². The summed E-state index contributed by atoms with van der Waals surface area (Å²) in [4.78, 5) is 31.7. The van der Waals surface area contributed by atoms with Crippen molar-refractivity contribution < 1.29 is 42.1 Å². The van der Waals surface area contributed by atoms with Crippen molar-refractivity contribution >= 4 is 19.8 Å². The van der Waals surface area contributed by atoms with Crippen LogP contribution in [0, 0.1) is 0 Å². The molecule has 0 aromatic carbocycles. The first kappa shape index (κ1) is 22.0. The molecule has 0 fully saturated rings. The van der Waals surface area contributed by atoms with Crippen molar-refractivity contribution in [2.75, 3.05) is 47.5 Å². The number of esters is 2. The Morgan fingerprint density at radius 1 is 1.17 bits per heavy atom. The topological polar surface area (TPSA) is 108 Å². The van der Waals surface area contributed by atoms with Gasteiger partial charge in [-0.05, 0) is 0 Å². The number of ether oxygens (including phenoxy) is 2. The minimum Gasteiger partial charge on any atom is -0.462 e. The van der Waals surface area contributed by atoms with Gasteiger partial charge in [0, 0.05) is 13.3 Å². The summed E-state index contributed by atoms with van der Waals surface area (Å²) in [5, 5.41) is 0. The van der Waals surface area contributed by atoms with Crippen molar-refractivity contribution in [3.63, 3.8) is 0 Å². The van der Waals surface area contributed by atoms with Crippen LogP contribution in [0.2, 0.25) is 0 Å². The zero-order chi connectivity index (χ0) is 18.1. The number of phosphoric acid groups is 1. The third-order valence-corrected chi connectivity index (χ3v) is 3.48. The minimum atomic E-state index is -4.27. The maximum atomic E-state index is 11.8. The van der Waals surface area contributed by atoms with Crippen LogP contribution >= 0.6 is 7.82 Å². The molecule has 0 aliphatic carbocycles. The summed E-state index contributed by atoms with van der Waals surface area (Å²) >= 11 is 0. The van der Waals surface area contributed by atoms with E-state index in [4.69, 9.17) is 18.5 Å². The predicted octanol–water partition coefficient (Wildman–Crippen LogP) is 0.711. The summed E-state index contributed by atoms with van der Waals surface area (Å²) in [5.74, 6) is -1.10. The highest BCUT2D eigenvalue weighted by Crippen LogP contribution is 2.43. The Balaban J connectivity index is 4.41. The molecule has 0 aromatic heterocycles. The second kappa shape index (κ2) is 10.00. The van der Waals surface area contributed by atoms with E-state index in [0.29, 0.717) is 11.0 Å². The second-order valence-electron chi connectivity index (χ2n) is 5.88. The van der Waals surface area contributed by atoms with Crippen LogP contribution < -0.4 is 0 Å². The predicted molar refractivity (Wildman–Crippen MR) is 81.4 cm³/mol. The molecule has 2 atom stereocenters. The van der Waals surface area contributed by atoms with Crippen LogP contribution in [0.15, 0.2) is 0 Å². The molecule has 0 bridgehead atoms. The molecule has 0 rings (SSSR count). The van der Waals surface area contributed by atoms with Gasteiger partial charge in [-0.2, -0.15) is 0 Å². The highest BCUT2D eigenvalue weighted by molar-refractivity contribution is 7.47. The summed E-state index contributed by atoms with van der Waals surface area (Å²) in [6, 6.07) is 0. The van der Waals surface area contributed by atoms with Gasteiger partial charge in [-0.25, -0.2) is 4.57 Å². The third kappa shape index (κ3) is 13.2. The summed E-state index contributed by atoms with van der Waals surface area (Å²) in [5.41, 5.74) is 0. The number of carbonyl (C=O) groups excluding carboxylic acids is 2. The number of quaternary nitrogens is 1. The first-order valence-electron chi connectivity index (χ1n) is 7.20. The van der Waals surface area contributed by atoms with Gasteiger partial charge in [-0.15, -0.1) is 0 Å². The van der Waals surface area contributed by atoms with Crippen LogP contribution in [-0.2, 0) is 32.7 Å². The van der Waals surface area contributed by atoms with E-state index in [2.05, 4.69) is 0 Å². The van der Waals surface area contributed by atoms with Crippen LogP contribution in [0.4, 0.5) is 0 Å². The van der Waals surface area contributed by atoms with Gasteiger partial charge >= 0.3 is 19.8 Å².